The summed E-state index contributed by atoms with van der Waals surface area (Å²) in [6.07, 6.45) is 2.32. The molecule has 0 spiro atoms. The lowest BCUT2D eigenvalue weighted by atomic mass is 9.85. The molecule has 1 rings (SSSR count). The van der Waals surface area contributed by atoms with Crippen molar-refractivity contribution in [2.75, 3.05) is 0 Å². The second-order valence-electron chi connectivity index (χ2n) is 3.61. The lowest BCUT2D eigenvalue weighted by Gasteiger charge is -2.31. The van der Waals surface area contributed by atoms with E-state index in [1.165, 1.54) is 11.3 Å². The molecule has 0 aliphatic heterocycles. The van der Waals surface area contributed by atoms with Crippen LogP contribution in [0, 0.1) is 0 Å². The molecule has 0 aromatic rings. The van der Waals surface area contributed by atoms with Crippen molar-refractivity contribution < 1.29 is 0 Å². The van der Waals surface area contributed by atoms with Gasteiger partial charge in [-0.1, -0.05) is 27.0 Å². The van der Waals surface area contributed by atoms with Crippen LogP contribution in [0.5, 0.6) is 0 Å². The average molecular weight is 177 g/mol. The molecule has 0 aromatic carbocycles. The molecule has 0 atom stereocenters. The molecule has 0 saturated heterocycles. The molecule has 0 radical (unpaired) electrons. The van der Waals surface area contributed by atoms with E-state index in [1.807, 2.05) is 0 Å². The van der Waals surface area contributed by atoms with E-state index in [9.17, 15) is 0 Å². The van der Waals surface area contributed by atoms with Crippen molar-refractivity contribution >= 4 is 0 Å². The highest BCUT2D eigenvalue weighted by molar-refractivity contribution is 5.65. The molecule has 1 aliphatic carbocycles. The standard InChI is InChI=1S/C12H19N/c1-6-11(7-2)13-12-9(4)8(3)10(12)5/h11,13H,3-4,6-7H2,1-2,5H3. The first-order valence-electron chi connectivity index (χ1n) is 4.98. The van der Waals surface area contributed by atoms with Crippen molar-refractivity contribution in [2.45, 2.75) is 39.7 Å². The predicted molar refractivity (Wildman–Crippen MR) is 58.5 cm³/mol. The van der Waals surface area contributed by atoms with Crippen molar-refractivity contribution in [3.63, 3.8) is 0 Å². The van der Waals surface area contributed by atoms with Gasteiger partial charge in [0.1, 0.15) is 0 Å². The fourth-order valence-corrected chi connectivity index (χ4v) is 1.58. The summed E-state index contributed by atoms with van der Waals surface area (Å²) in [5, 5.41) is 3.50. The van der Waals surface area contributed by atoms with Gasteiger partial charge in [0.2, 0.25) is 0 Å². The first-order valence-corrected chi connectivity index (χ1v) is 4.98. The molecule has 0 saturated carbocycles. The predicted octanol–water partition coefficient (Wildman–Crippen LogP) is 3.16. The van der Waals surface area contributed by atoms with Gasteiger partial charge in [-0.3, -0.25) is 0 Å². The monoisotopic (exact) mass is 177 g/mol. The van der Waals surface area contributed by atoms with Crippen LogP contribution in [0.3, 0.4) is 0 Å². The zero-order valence-corrected chi connectivity index (χ0v) is 8.91. The Morgan fingerprint density at radius 1 is 1.15 bits per heavy atom. The summed E-state index contributed by atoms with van der Waals surface area (Å²) >= 11 is 0. The zero-order valence-electron chi connectivity index (χ0n) is 8.91. The van der Waals surface area contributed by atoms with Crippen LogP contribution < -0.4 is 5.32 Å². The summed E-state index contributed by atoms with van der Waals surface area (Å²) in [4.78, 5) is 0. The molecule has 1 heteroatoms. The van der Waals surface area contributed by atoms with Crippen LogP contribution in [-0.4, -0.2) is 6.04 Å². The van der Waals surface area contributed by atoms with Gasteiger partial charge in [-0.15, -0.1) is 0 Å². The van der Waals surface area contributed by atoms with Gasteiger partial charge in [0.15, 0.2) is 0 Å². The quantitative estimate of drug-likeness (QED) is 0.695. The summed E-state index contributed by atoms with van der Waals surface area (Å²) in [6.45, 7) is 14.4. The number of rotatable bonds is 4. The Morgan fingerprint density at radius 2 is 1.69 bits per heavy atom. The van der Waals surface area contributed by atoms with Gasteiger partial charge in [-0.25, -0.2) is 0 Å². The first kappa shape index (κ1) is 10.1. The second kappa shape index (κ2) is 3.82. The number of hydrogen-bond acceptors (Lipinski definition) is 1. The fraction of sp³-hybridized carbons (Fsp3) is 0.500. The van der Waals surface area contributed by atoms with Crippen LogP contribution in [0.15, 0.2) is 35.6 Å². The second-order valence-corrected chi connectivity index (χ2v) is 3.61. The van der Waals surface area contributed by atoms with Gasteiger partial charge in [-0.05, 0) is 36.5 Å². The molecule has 0 heterocycles. The Kier molecular flexibility index (Phi) is 2.97. The first-order chi connectivity index (χ1) is 6.11. The summed E-state index contributed by atoms with van der Waals surface area (Å²) in [7, 11) is 0. The van der Waals surface area contributed by atoms with Crippen LogP contribution in [0.4, 0.5) is 0 Å². The molecule has 0 aromatic heterocycles. The Balaban J connectivity index is 2.65. The third kappa shape index (κ3) is 1.69. The SMILES string of the molecule is C=C1C(=C)C(NC(CC)CC)=C1C. The van der Waals surface area contributed by atoms with Crippen molar-refractivity contribution in [3.05, 3.63) is 35.6 Å². The van der Waals surface area contributed by atoms with Crippen LogP contribution in [0.2, 0.25) is 0 Å². The minimum absolute atomic E-state index is 0.579. The van der Waals surface area contributed by atoms with Gasteiger partial charge in [0, 0.05) is 11.7 Å². The highest BCUT2D eigenvalue weighted by atomic mass is 14.9. The molecule has 0 fully saturated rings. The number of nitrogens with one attached hydrogen (secondary N) is 1. The minimum Gasteiger partial charge on any atom is -0.382 e. The van der Waals surface area contributed by atoms with Gasteiger partial charge < -0.3 is 5.32 Å². The zero-order chi connectivity index (χ0) is 10.0. The van der Waals surface area contributed by atoms with Crippen LogP contribution in [0.25, 0.3) is 0 Å². The molecule has 0 bridgehead atoms. The van der Waals surface area contributed by atoms with Crippen LogP contribution in [0.1, 0.15) is 33.6 Å². The molecule has 1 nitrogen and oxygen atoms in total. The molecule has 1 aliphatic rings. The van der Waals surface area contributed by atoms with Crippen molar-refractivity contribution in [2.24, 2.45) is 0 Å². The maximum Gasteiger partial charge on any atom is 0.0451 e. The van der Waals surface area contributed by atoms with E-state index in [1.54, 1.807) is 0 Å². The van der Waals surface area contributed by atoms with Crippen molar-refractivity contribution in [1.29, 1.82) is 0 Å². The van der Waals surface area contributed by atoms with E-state index < -0.39 is 0 Å². The van der Waals surface area contributed by atoms with Gasteiger partial charge >= 0.3 is 0 Å². The lowest BCUT2D eigenvalue weighted by molar-refractivity contribution is 0.531. The van der Waals surface area contributed by atoms with E-state index in [-0.39, 0.29) is 0 Å². The summed E-state index contributed by atoms with van der Waals surface area (Å²) in [5.74, 6) is 0. The Labute approximate surface area is 81.2 Å². The summed E-state index contributed by atoms with van der Waals surface area (Å²) in [5.41, 5.74) is 4.69. The summed E-state index contributed by atoms with van der Waals surface area (Å²) in [6, 6.07) is 0.579. The van der Waals surface area contributed by atoms with Gasteiger partial charge in [0.05, 0.1) is 0 Å². The normalized spacial score (nSPS) is 16.6. The van der Waals surface area contributed by atoms with Crippen molar-refractivity contribution in [1.82, 2.24) is 5.32 Å². The molecule has 13 heavy (non-hydrogen) atoms. The average Bonchev–Trinajstić information content (AvgIpc) is 2.18. The lowest BCUT2D eigenvalue weighted by Crippen LogP contribution is -2.32. The van der Waals surface area contributed by atoms with E-state index in [0.717, 1.165) is 24.0 Å². The molecule has 72 valence electrons. The van der Waals surface area contributed by atoms with Crippen LogP contribution in [-0.2, 0) is 0 Å². The molecule has 0 amide bonds. The highest BCUT2D eigenvalue weighted by Gasteiger charge is 2.23. The fourth-order valence-electron chi connectivity index (χ4n) is 1.58. The van der Waals surface area contributed by atoms with E-state index >= 15 is 0 Å². The largest absolute Gasteiger partial charge is 0.382 e. The molecular formula is C12H19N. The number of allylic oxidation sites excluding steroid dienone is 2. The van der Waals surface area contributed by atoms with Crippen molar-refractivity contribution in [3.8, 4) is 0 Å². The number of hydrogen-bond donors (Lipinski definition) is 1. The third-order valence-electron chi connectivity index (χ3n) is 2.83. The summed E-state index contributed by atoms with van der Waals surface area (Å²) < 4.78 is 0. The third-order valence-corrected chi connectivity index (χ3v) is 2.83. The van der Waals surface area contributed by atoms with E-state index in [0.29, 0.717) is 6.04 Å². The van der Waals surface area contributed by atoms with Gasteiger partial charge in [-0.2, -0.15) is 0 Å². The Morgan fingerprint density at radius 3 is 2.08 bits per heavy atom. The molecule has 0 unspecified atom stereocenters. The van der Waals surface area contributed by atoms with E-state index in [4.69, 9.17) is 0 Å². The Bertz CT molecular complexity index is 267. The maximum atomic E-state index is 3.98. The Hall–Kier alpha value is -0.980. The molecular weight excluding hydrogens is 158 g/mol. The van der Waals surface area contributed by atoms with Crippen LogP contribution >= 0.6 is 0 Å². The smallest absolute Gasteiger partial charge is 0.0451 e. The minimum atomic E-state index is 0.579. The maximum absolute atomic E-state index is 3.98. The highest BCUT2D eigenvalue weighted by Crippen LogP contribution is 2.35. The van der Waals surface area contributed by atoms with E-state index in [2.05, 4.69) is 39.2 Å². The molecule has 1 N–H and O–H groups in total. The van der Waals surface area contributed by atoms with Gasteiger partial charge in [0.25, 0.3) is 0 Å². The topological polar surface area (TPSA) is 12.0 Å².